The number of hydrogen-bond acceptors (Lipinski definition) is 7. The second-order valence-electron chi connectivity index (χ2n) is 5.28. The number of benzene rings is 1. The topological polar surface area (TPSA) is 74.2 Å². The molecule has 1 aliphatic rings. The smallest absolute Gasteiger partial charge is 0.363 e. The molecule has 0 bridgehead atoms. The number of esters is 2. The van der Waals surface area contributed by atoms with E-state index >= 15 is 0 Å². The largest absolute Gasteiger partial charge is 0.490 e. The summed E-state index contributed by atoms with van der Waals surface area (Å²) in [5, 5.41) is 1.89. The van der Waals surface area contributed by atoms with Gasteiger partial charge in [0.15, 0.2) is 17.2 Å². The number of cyclic esters (lactones) is 1. The molecule has 2 aromatic rings. The number of thiophene rings is 1. The SMILES string of the molecule is CCOc1cc(/C=C2\N=C(c3cccs3)OC2=O)ccc1OC(=O)CC. The van der Waals surface area contributed by atoms with Crippen LogP contribution in [0.4, 0.5) is 0 Å². The Bertz CT molecular complexity index is 883. The molecule has 6 nitrogen and oxygen atoms in total. The first kappa shape index (κ1) is 17.9. The van der Waals surface area contributed by atoms with Crippen molar-refractivity contribution in [2.75, 3.05) is 6.61 Å². The van der Waals surface area contributed by atoms with Gasteiger partial charge in [0, 0.05) is 6.42 Å². The Labute approximate surface area is 154 Å². The molecule has 0 saturated carbocycles. The molecule has 0 saturated heterocycles. The van der Waals surface area contributed by atoms with Gasteiger partial charge in [-0.3, -0.25) is 4.79 Å². The number of ether oxygens (including phenoxy) is 3. The van der Waals surface area contributed by atoms with E-state index in [1.807, 2.05) is 24.4 Å². The van der Waals surface area contributed by atoms with E-state index in [-0.39, 0.29) is 18.1 Å². The van der Waals surface area contributed by atoms with Crippen LogP contribution in [0.3, 0.4) is 0 Å². The molecule has 0 spiro atoms. The first-order valence-corrected chi connectivity index (χ1v) is 9.02. The van der Waals surface area contributed by atoms with Crippen LogP contribution in [0.15, 0.2) is 46.4 Å². The van der Waals surface area contributed by atoms with Crippen molar-refractivity contribution in [2.24, 2.45) is 4.99 Å². The Hall–Kier alpha value is -2.93. The van der Waals surface area contributed by atoms with Crippen LogP contribution < -0.4 is 9.47 Å². The highest BCUT2D eigenvalue weighted by atomic mass is 32.1. The zero-order valence-corrected chi connectivity index (χ0v) is 15.2. The highest BCUT2D eigenvalue weighted by Crippen LogP contribution is 2.30. The summed E-state index contributed by atoms with van der Waals surface area (Å²) >= 11 is 1.45. The van der Waals surface area contributed by atoms with Crippen LogP contribution in [-0.4, -0.2) is 24.4 Å². The van der Waals surface area contributed by atoms with Gasteiger partial charge in [0.25, 0.3) is 0 Å². The molecule has 0 N–H and O–H groups in total. The summed E-state index contributed by atoms with van der Waals surface area (Å²) in [6.45, 7) is 3.97. The lowest BCUT2D eigenvalue weighted by molar-refractivity contribution is -0.134. The quantitative estimate of drug-likeness (QED) is 0.439. The standard InChI is InChI=1S/C19H17NO5S/c1-3-17(21)24-14-8-7-12(11-15(14)23-4-2)10-13-19(22)25-18(20-13)16-6-5-9-26-16/h5-11H,3-4H2,1-2H3/b13-10-. The maximum atomic E-state index is 12.0. The van der Waals surface area contributed by atoms with Crippen LogP contribution in [0, 0.1) is 0 Å². The summed E-state index contributed by atoms with van der Waals surface area (Å²) in [6, 6.07) is 8.75. The minimum Gasteiger partial charge on any atom is -0.490 e. The molecule has 2 heterocycles. The number of rotatable bonds is 6. The minimum atomic E-state index is -0.507. The van der Waals surface area contributed by atoms with Crippen LogP contribution in [0.25, 0.3) is 6.08 Å². The molecule has 0 radical (unpaired) electrons. The van der Waals surface area contributed by atoms with E-state index in [1.54, 1.807) is 31.2 Å². The number of nitrogens with zero attached hydrogens (tertiary/aromatic N) is 1. The predicted octanol–water partition coefficient (Wildman–Crippen LogP) is 3.81. The Kier molecular flexibility index (Phi) is 5.48. The summed E-state index contributed by atoms with van der Waals surface area (Å²) < 4.78 is 16.0. The summed E-state index contributed by atoms with van der Waals surface area (Å²) in [4.78, 5) is 28.6. The second kappa shape index (κ2) is 7.97. The van der Waals surface area contributed by atoms with Gasteiger partial charge in [-0.05, 0) is 42.1 Å². The van der Waals surface area contributed by atoms with Crippen LogP contribution >= 0.6 is 11.3 Å². The molecule has 0 atom stereocenters. The second-order valence-corrected chi connectivity index (χ2v) is 6.23. The first-order valence-electron chi connectivity index (χ1n) is 8.14. The third kappa shape index (κ3) is 4.00. The Morgan fingerprint density at radius 2 is 2.12 bits per heavy atom. The number of carbonyl (C=O) groups is 2. The number of carbonyl (C=O) groups excluding carboxylic acids is 2. The molecule has 3 rings (SSSR count). The van der Waals surface area contributed by atoms with Crippen LogP contribution in [0.5, 0.6) is 11.5 Å². The van der Waals surface area contributed by atoms with Gasteiger partial charge in [0.2, 0.25) is 5.90 Å². The lowest BCUT2D eigenvalue weighted by Gasteiger charge is -2.10. The van der Waals surface area contributed by atoms with Gasteiger partial charge >= 0.3 is 11.9 Å². The highest BCUT2D eigenvalue weighted by Gasteiger charge is 2.24. The van der Waals surface area contributed by atoms with Crippen LogP contribution in [0.1, 0.15) is 30.7 Å². The lowest BCUT2D eigenvalue weighted by atomic mass is 10.1. The molecule has 0 unspecified atom stereocenters. The molecule has 26 heavy (non-hydrogen) atoms. The zero-order chi connectivity index (χ0) is 18.5. The summed E-state index contributed by atoms with van der Waals surface area (Å²) in [7, 11) is 0. The molecular weight excluding hydrogens is 354 g/mol. The molecular formula is C19H17NO5S. The monoisotopic (exact) mass is 371 g/mol. The van der Waals surface area contributed by atoms with Gasteiger partial charge in [-0.1, -0.05) is 19.1 Å². The molecule has 0 aliphatic carbocycles. The van der Waals surface area contributed by atoms with E-state index in [0.29, 0.717) is 29.6 Å². The minimum absolute atomic E-state index is 0.203. The fraction of sp³-hybridized carbons (Fsp3) is 0.211. The highest BCUT2D eigenvalue weighted by molar-refractivity contribution is 7.12. The first-order chi connectivity index (χ1) is 12.6. The lowest BCUT2D eigenvalue weighted by Crippen LogP contribution is -2.07. The average molecular weight is 371 g/mol. The van der Waals surface area contributed by atoms with Crippen molar-refractivity contribution >= 4 is 35.2 Å². The molecule has 7 heteroatoms. The van der Waals surface area contributed by atoms with Crippen molar-refractivity contribution < 1.29 is 23.8 Å². The average Bonchev–Trinajstić information content (AvgIpc) is 3.28. The van der Waals surface area contributed by atoms with Crippen molar-refractivity contribution in [3.63, 3.8) is 0 Å². The Morgan fingerprint density at radius 1 is 1.27 bits per heavy atom. The third-order valence-electron chi connectivity index (χ3n) is 3.44. The van der Waals surface area contributed by atoms with Gasteiger partial charge in [0.05, 0.1) is 11.5 Å². The van der Waals surface area contributed by atoms with Gasteiger partial charge in [0.1, 0.15) is 0 Å². The third-order valence-corrected chi connectivity index (χ3v) is 4.29. The normalized spacial score (nSPS) is 14.9. The molecule has 0 fully saturated rings. The summed E-state index contributed by atoms with van der Waals surface area (Å²) in [5.41, 5.74) is 0.891. The summed E-state index contributed by atoms with van der Waals surface area (Å²) in [5.74, 6) is 0.222. The van der Waals surface area contributed by atoms with E-state index in [9.17, 15) is 9.59 Å². The van der Waals surface area contributed by atoms with Crippen LogP contribution in [0.2, 0.25) is 0 Å². The Balaban J connectivity index is 1.89. The van der Waals surface area contributed by atoms with Gasteiger partial charge in [-0.2, -0.15) is 0 Å². The molecule has 1 aliphatic heterocycles. The summed E-state index contributed by atoms with van der Waals surface area (Å²) in [6.07, 6.45) is 1.88. The van der Waals surface area contributed by atoms with Crippen molar-refractivity contribution in [1.29, 1.82) is 0 Å². The number of hydrogen-bond donors (Lipinski definition) is 0. The number of aliphatic imine (C=N–C) groups is 1. The van der Waals surface area contributed by atoms with E-state index in [2.05, 4.69) is 4.99 Å². The van der Waals surface area contributed by atoms with Crippen molar-refractivity contribution in [2.45, 2.75) is 20.3 Å². The fourth-order valence-corrected chi connectivity index (χ4v) is 2.88. The zero-order valence-electron chi connectivity index (χ0n) is 14.4. The van der Waals surface area contributed by atoms with Crippen LogP contribution in [-0.2, 0) is 14.3 Å². The molecule has 1 aromatic carbocycles. The van der Waals surface area contributed by atoms with E-state index < -0.39 is 5.97 Å². The predicted molar refractivity (Wildman–Crippen MR) is 98.5 cm³/mol. The molecule has 134 valence electrons. The van der Waals surface area contributed by atoms with E-state index in [4.69, 9.17) is 14.2 Å². The van der Waals surface area contributed by atoms with E-state index in [1.165, 1.54) is 11.3 Å². The van der Waals surface area contributed by atoms with Crippen molar-refractivity contribution in [1.82, 2.24) is 0 Å². The fourth-order valence-electron chi connectivity index (χ4n) is 2.23. The maximum Gasteiger partial charge on any atom is 0.363 e. The Morgan fingerprint density at radius 3 is 2.81 bits per heavy atom. The molecule has 0 amide bonds. The van der Waals surface area contributed by atoms with Crippen molar-refractivity contribution in [3.05, 3.63) is 51.8 Å². The van der Waals surface area contributed by atoms with Crippen molar-refractivity contribution in [3.8, 4) is 11.5 Å². The van der Waals surface area contributed by atoms with Gasteiger partial charge in [-0.25, -0.2) is 9.79 Å². The van der Waals surface area contributed by atoms with E-state index in [0.717, 1.165) is 4.88 Å². The van der Waals surface area contributed by atoms with Gasteiger partial charge in [-0.15, -0.1) is 11.3 Å². The maximum absolute atomic E-state index is 12.0. The van der Waals surface area contributed by atoms with Gasteiger partial charge < -0.3 is 14.2 Å². The molecule has 1 aromatic heterocycles.